The van der Waals surface area contributed by atoms with Crippen LogP contribution >= 0.6 is 0 Å². The van der Waals surface area contributed by atoms with Crippen molar-refractivity contribution >= 4 is 35.4 Å². The Morgan fingerprint density at radius 2 is 1.74 bits per heavy atom. The number of amides is 5. The van der Waals surface area contributed by atoms with Crippen LogP contribution in [0.4, 0.5) is 10.2 Å². The summed E-state index contributed by atoms with van der Waals surface area (Å²) in [4.78, 5) is 80.7. The number of nitrogens with two attached hydrogens (primary N) is 1. The molecule has 22 heteroatoms. The minimum absolute atomic E-state index is 0.0387. The van der Waals surface area contributed by atoms with E-state index in [1.54, 1.807) is 32.8 Å². The Kier molecular flexibility index (Phi) is 18.8. The summed E-state index contributed by atoms with van der Waals surface area (Å²) in [6, 6.07) is 17.4. The fraction of sp³-hybridized carbons (Fsp3) is 0.466. The van der Waals surface area contributed by atoms with Crippen molar-refractivity contribution in [3.63, 3.8) is 0 Å². The molecule has 0 radical (unpaired) electrons. The molecule has 80 heavy (non-hydrogen) atoms. The lowest BCUT2D eigenvalue weighted by molar-refractivity contribution is -0.147. The quantitative estimate of drug-likeness (QED) is 0.0691. The molecule has 5 amide bonds. The molecule has 2 aliphatic heterocycles. The number of likely N-dealkylation sites (N-methyl/N-ethyl adjacent to an activating group) is 1. The molecule has 3 aliphatic rings. The van der Waals surface area contributed by atoms with Crippen LogP contribution in [0, 0.1) is 22.6 Å². The smallest absolute Gasteiger partial charge is 0.258 e. The first-order valence-electron chi connectivity index (χ1n) is 27.0. The van der Waals surface area contributed by atoms with Gasteiger partial charge >= 0.3 is 0 Å². The Bertz CT molecular complexity index is 3140. The number of halogens is 1. The van der Waals surface area contributed by atoms with E-state index in [1.807, 2.05) is 51.1 Å². The molecular formula is C58H71FN12O9. The first-order chi connectivity index (χ1) is 38.3. The van der Waals surface area contributed by atoms with Crippen molar-refractivity contribution in [2.24, 2.45) is 5.41 Å². The summed E-state index contributed by atoms with van der Waals surface area (Å²) in [6.45, 7) is 10.4. The van der Waals surface area contributed by atoms with Gasteiger partial charge in [0.1, 0.15) is 48.1 Å². The van der Waals surface area contributed by atoms with Gasteiger partial charge in [-0.2, -0.15) is 10.4 Å². The van der Waals surface area contributed by atoms with Crippen molar-refractivity contribution in [3.8, 4) is 29.0 Å². The normalized spacial score (nSPS) is 17.6. The van der Waals surface area contributed by atoms with Gasteiger partial charge in [0.15, 0.2) is 5.82 Å². The molecule has 0 saturated heterocycles. The van der Waals surface area contributed by atoms with E-state index in [9.17, 15) is 33.6 Å². The molecule has 2 bridgehead atoms. The van der Waals surface area contributed by atoms with E-state index in [4.69, 9.17) is 24.7 Å². The molecule has 5 atom stereocenters. The zero-order valence-corrected chi connectivity index (χ0v) is 46.4. The summed E-state index contributed by atoms with van der Waals surface area (Å²) in [5, 5.41) is 27.1. The van der Waals surface area contributed by atoms with Crippen LogP contribution in [-0.4, -0.2) is 131 Å². The standard InChI is InChI=1S/C58H71FN12O9/c1-34(62-6)53(73)67-51(58(3,4)5)57(76)70-32-38-27-40(17-15-37(38)28-47(70)54(74)65-44-14-10-12-36-11-8-9-13-41(36)44)79-26-25-78-24-23-77-22-19-49(72)63-20-21-71-48(30-60)50-45-31-64-52(61)55(66-45)80-35(2)43-29-39(59)16-18-42(43)56(75)69(7)33-46(50)68-71/h8-9,11,13,15-18,27,29,31,34-35,44,47,51,62H,10,12,14,19-26,28,32-33H2,1-7H3,(H2,61,64)(H,63,72)(H,65,74)(H,67,73)/t34-,35-,44+,47-,51+/m1/s1. The number of nitrogen functional groups attached to an aromatic ring is 1. The molecule has 2 aromatic heterocycles. The number of aryl methyl sites for hydroxylation is 1. The zero-order valence-electron chi connectivity index (χ0n) is 46.4. The van der Waals surface area contributed by atoms with Crippen LogP contribution in [-0.2, 0) is 61.1 Å². The van der Waals surface area contributed by atoms with E-state index < -0.39 is 41.4 Å². The predicted octanol–water partition coefficient (Wildman–Crippen LogP) is 4.86. The highest BCUT2D eigenvalue weighted by Crippen LogP contribution is 2.36. The lowest BCUT2D eigenvalue weighted by atomic mass is 9.83. The van der Waals surface area contributed by atoms with E-state index in [-0.39, 0.29) is 130 Å². The molecule has 424 valence electrons. The second kappa shape index (κ2) is 25.9. The number of carbonyl (C=O) groups excluding carboxylic acids is 5. The van der Waals surface area contributed by atoms with Gasteiger partial charge in [-0.3, -0.25) is 28.7 Å². The average molecular weight is 1100 g/mol. The molecule has 1 aliphatic carbocycles. The molecular weight excluding hydrogens is 1030 g/mol. The number of benzene rings is 3. The summed E-state index contributed by atoms with van der Waals surface area (Å²) in [5.41, 5.74) is 11.0. The average Bonchev–Trinajstić information content (AvgIpc) is 3.79. The number of ether oxygens (including phenoxy) is 4. The van der Waals surface area contributed by atoms with Gasteiger partial charge in [-0.05, 0) is 98.2 Å². The minimum atomic E-state index is -0.911. The summed E-state index contributed by atoms with van der Waals surface area (Å²) >= 11 is 0. The number of hydrogen-bond acceptors (Lipinski definition) is 15. The fourth-order valence-corrected chi connectivity index (χ4v) is 10.1. The number of anilines is 1. The third kappa shape index (κ3) is 13.7. The second-order valence-corrected chi connectivity index (χ2v) is 21.4. The lowest BCUT2D eigenvalue weighted by Crippen LogP contribution is -2.62. The van der Waals surface area contributed by atoms with Crippen LogP contribution in [0.5, 0.6) is 11.6 Å². The Morgan fingerprint density at radius 1 is 0.975 bits per heavy atom. The Balaban J connectivity index is 0.808. The van der Waals surface area contributed by atoms with Crippen LogP contribution in [0.1, 0.15) is 116 Å². The fourth-order valence-electron chi connectivity index (χ4n) is 10.1. The van der Waals surface area contributed by atoms with Gasteiger partial charge in [0.2, 0.25) is 23.6 Å². The Labute approximate surface area is 465 Å². The maximum Gasteiger partial charge on any atom is 0.258 e. The Morgan fingerprint density at radius 3 is 2.50 bits per heavy atom. The van der Waals surface area contributed by atoms with E-state index in [0.29, 0.717) is 22.6 Å². The first kappa shape index (κ1) is 58.2. The number of aromatic nitrogens is 4. The van der Waals surface area contributed by atoms with E-state index in [1.165, 1.54) is 39.5 Å². The van der Waals surface area contributed by atoms with Crippen LogP contribution in [0.2, 0.25) is 0 Å². The highest BCUT2D eigenvalue weighted by Gasteiger charge is 2.43. The van der Waals surface area contributed by atoms with Crippen LogP contribution in [0.25, 0.3) is 11.3 Å². The van der Waals surface area contributed by atoms with Gasteiger partial charge in [0.25, 0.3) is 11.8 Å². The number of nitrogens with zero attached hydrogens (tertiary/aromatic N) is 7. The number of hydrogen-bond donors (Lipinski definition) is 5. The van der Waals surface area contributed by atoms with Crippen molar-refractivity contribution in [2.75, 3.05) is 59.4 Å². The summed E-state index contributed by atoms with van der Waals surface area (Å²) in [6.07, 6.45) is 3.57. The van der Waals surface area contributed by atoms with Crippen LogP contribution < -0.4 is 36.5 Å². The summed E-state index contributed by atoms with van der Waals surface area (Å²) in [7, 11) is 3.25. The van der Waals surface area contributed by atoms with Crippen LogP contribution in [0.3, 0.4) is 0 Å². The second-order valence-electron chi connectivity index (χ2n) is 21.4. The van der Waals surface area contributed by atoms with Gasteiger partial charge < -0.3 is 55.7 Å². The maximum absolute atomic E-state index is 14.7. The molecule has 0 saturated carbocycles. The van der Waals surface area contributed by atoms with Crippen molar-refractivity contribution in [3.05, 3.63) is 117 Å². The molecule has 0 unspecified atom stereocenters. The van der Waals surface area contributed by atoms with Gasteiger partial charge in [0, 0.05) is 44.1 Å². The first-order valence-corrected chi connectivity index (χ1v) is 27.0. The lowest BCUT2D eigenvalue weighted by Gasteiger charge is -2.41. The number of nitrogens with one attached hydrogen (secondary N) is 4. The molecule has 8 rings (SSSR count). The Hall–Kier alpha value is -8.00. The molecule has 5 aromatic rings. The zero-order chi connectivity index (χ0) is 57.3. The highest BCUT2D eigenvalue weighted by atomic mass is 19.1. The number of nitriles is 1. The predicted molar refractivity (Wildman–Crippen MR) is 293 cm³/mol. The number of rotatable bonds is 19. The van der Waals surface area contributed by atoms with Gasteiger partial charge in [-0.15, -0.1) is 0 Å². The number of carbonyl (C=O) groups is 5. The molecule has 3 aromatic carbocycles. The van der Waals surface area contributed by atoms with E-state index >= 15 is 0 Å². The third-order valence-electron chi connectivity index (χ3n) is 14.7. The largest absolute Gasteiger partial charge is 0.491 e. The topological polar surface area (TPSA) is 270 Å². The highest BCUT2D eigenvalue weighted by molar-refractivity contribution is 5.96. The van der Waals surface area contributed by atoms with Gasteiger partial charge in [-0.1, -0.05) is 51.1 Å². The molecule has 0 fully saturated rings. The van der Waals surface area contributed by atoms with Crippen molar-refractivity contribution < 1.29 is 47.3 Å². The monoisotopic (exact) mass is 1100 g/mol. The van der Waals surface area contributed by atoms with Gasteiger partial charge in [-0.25, -0.2) is 14.4 Å². The van der Waals surface area contributed by atoms with E-state index in [0.717, 1.165) is 36.0 Å². The third-order valence-corrected chi connectivity index (χ3v) is 14.7. The molecule has 4 heterocycles. The molecule has 0 spiro atoms. The van der Waals surface area contributed by atoms with E-state index in [2.05, 4.69) is 54.5 Å². The van der Waals surface area contributed by atoms with Gasteiger partial charge in [0.05, 0.1) is 74.7 Å². The molecule has 21 nitrogen and oxygen atoms in total. The SMILES string of the molecule is CN[C@H](C)C(=O)N[C@@H](C(=O)N1Cc2cc(OCCOCCOCCC(=O)NCCn3nc4c(c3C#N)-c3cnc(N)c(n3)O[C@H](C)c3cc(F)ccc3C(=O)N(C)C4)ccc2C[C@@H]1C(=O)N[C@H]1CCCc2ccccc21)C(C)(C)C. The van der Waals surface area contributed by atoms with Crippen molar-refractivity contribution in [1.29, 1.82) is 5.26 Å². The molecule has 6 N–H and O–H groups in total. The van der Waals surface area contributed by atoms with Crippen LogP contribution in [0.15, 0.2) is 66.9 Å². The summed E-state index contributed by atoms with van der Waals surface area (Å²) < 4.78 is 39.4. The minimum Gasteiger partial charge on any atom is -0.491 e. The summed E-state index contributed by atoms with van der Waals surface area (Å²) in [5.74, 6) is -1.70. The number of fused-ring (bicyclic) bond motifs is 7. The maximum atomic E-state index is 14.7. The van der Waals surface area contributed by atoms with Crippen molar-refractivity contribution in [2.45, 2.75) is 117 Å². The van der Waals surface area contributed by atoms with Crippen molar-refractivity contribution in [1.82, 2.24) is 50.8 Å².